The van der Waals surface area contributed by atoms with Gasteiger partial charge in [-0.1, -0.05) is 124 Å². The highest BCUT2D eigenvalue weighted by Gasteiger charge is 2.27. The minimum atomic E-state index is 0.308. The fraction of sp³-hybridized carbons (Fsp3) is 0.600. The van der Waals surface area contributed by atoms with Gasteiger partial charge in [0.15, 0.2) is 0 Å². The number of allylic oxidation sites excluding steroid dienone is 16. The van der Waals surface area contributed by atoms with Crippen LogP contribution >= 0.6 is 0 Å². The molecule has 40 heavy (non-hydrogen) atoms. The lowest BCUT2D eigenvalue weighted by Crippen LogP contribution is -2.19. The lowest BCUT2D eigenvalue weighted by atomic mass is 9.72. The fourth-order valence-electron chi connectivity index (χ4n) is 6.53. The molecule has 2 aliphatic rings. The van der Waals surface area contributed by atoms with Crippen molar-refractivity contribution >= 4 is 0 Å². The van der Waals surface area contributed by atoms with Crippen LogP contribution in [0.4, 0.5) is 0 Å². The van der Waals surface area contributed by atoms with Crippen molar-refractivity contribution in [2.75, 3.05) is 0 Å². The minimum absolute atomic E-state index is 0.308. The summed E-state index contributed by atoms with van der Waals surface area (Å²) in [6, 6.07) is 0. The zero-order chi connectivity index (χ0) is 29.8. The van der Waals surface area contributed by atoms with E-state index in [4.69, 9.17) is 0 Å². The summed E-state index contributed by atoms with van der Waals surface area (Å²) in [5.41, 5.74) is 11.0. The topological polar surface area (TPSA) is 0 Å². The van der Waals surface area contributed by atoms with Gasteiger partial charge >= 0.3 is 0 Å². The van der Waals surface area contributed by atoms with Crippen LogP contribution < -0.4 is 0 Å². The van der Waals surface area contributed by atoms with Crippen molar-refractivity contribution in [3.05, 3.63) is 93.7 Å². The Kier molecular flexibility index (Phi) is 14.0. The van der Waals surface area contributed by atoms with E-state index in [-0.39, 0.29) is 0 Å². The van der Waals surface area contributed by atoms with E-state index >= 15 is 0 Å². The Labute approximate surface area is 249 Å². The molecule has 0 bridgehead atoms. The van der Waals surface area contributed by atoms with Gasteiger partial charge in [-0.05, 0) is 127 Å². The summed E-state index contributed by atoms with van der Waals surface area (Å²) in [4.78, 5) is 0. The summed E-state index contributed by atoms with van der Waals surface area (Å²) in [6.07, 6.45) is 34.9. The Morgan fingerprint density at radius 1 is 0.700 bits per heavy atom. The molecular weight excluding hydrogens is 480 g/mol. The third-order valence-corrected chi connectivity index (χ3v) is 9.32. The van der Waals surface area contributed by atoms with Gasteiger partial charge in [0.25, 0.3) is 0 Å². The zero-order valence-electron chi connectivity index (χ0n) is 28.1. The van der Waals surface area contributed by atoms with Crippen LogP contribution in [0.5, 0.6) is 0 Å². The molecule has 0 saturated heterocycles. The molecule has 0 aromatic heterocycles. The standard InChI is InChI=1S/C40H62/c1-31(19-13-21-33(3)25-27-37-35(5)23-15-29-39(37,7)8)17-11-12-18-32(2)20-14-22-34(4)26-28-38-36(6)24-16-30-40(38,9)10/h13,17,19,21-22,25-28,32H,11-12,14-16,18,20,23-24,29-30H2,1-10H3/b19-13+,27-25+,28-26+,31-17+,33-21+,34-22-. The van der Waals surface area contributed by atoms with Crippen molar-refractivity contribution in [3.63, 3.8) is 0 Å². The summed E-state index contributed by atoms with van der Waals surface area (Å²) in [7, 11) is 0. The highest BCUT2D eigenvalue weighted by molar-refractivity contribution is 5.37. The van der Waals surface area contributed by atoms with E-state index in [1.165, 1.54) is 92.9 Å². The second-order valence-electron chi connectivity index (χ2n) is 14.3. The zero-order valence-corrected chi connectivity index (χ0v) is 28.1. The maximum absolute atomic E-state index is 2.44. The van der Waals surface area contributed by atoms with Crippen molar-refractivity contribution in [2.45, 2.75) is 140 Å². The SMILES string of the molecule is CC1=C(/C=C/C(C)=C\CCC(C)CCC/C=C(C)/C=C/C=C(C)/C=C/C2=C(C)CCCC2(C)C)C(C)(C)CCC1. The number of rotatable bonds is 13. The molecule has 1 unspecified atom stereocenters. The Bertz CT molecular complexity index is 1070. The molecule has 0 nitrogen and oxygen atoms in total. The average molecular weight is 543 g/mol. The molecular formula is C40H62. The predicted octanol–water partition coefficient (Wildman–Crippen LogP) is 13.1. The third-order valence-electron chi connectivity index (χ3n) is 9.32. The van der Waals surface area contributed by atoms with Crippen molar-refractivity contribution < 1.29 is 0 Å². The molecule has 0 aromatic rings. The van der Waals surface area contributed by atoms with E-state index in [0.717, 1.165) is 5.92 Å². The lowest BCUT2D eigenvalue weighted by molar-refractivity contribution is 0.376. The van der Waals surface area contributed by atoms with Crippen LogP contribution in [0, 0.1) is 16.7 Å². The van der Waals surface area contributed by atoms with Crippen LogP contribution in [0.2, 0.25) is 0 Å². The summed E-state index contributed by atoms with van der Waals surface area (Å²) in [6.45, 7) is 23.3. The first-order valence-corrected chi connectivity index (χ1v) is 16.3. The first-order chi connectivity index (χ1) is 18.8. The van der Waals surface area contributed by atoms with Gasteiger partial charge in [-0.25, -0.2) is 0 Å². The van der Waals surface area contributed by atoms with E-state index in [1.54, 1.807) is 16.7 Å². The average Bonchev–Trinajstić information content (AvgIpc) is 2.85. The second kappa shape index (κ2) is 16.4. The van der Waals surface area contributed by atoms with Crippen LogP contribution in [0.3, 0.4) is 0 Å². The first-order valence-electron chi connectivity index (χ1n) is 16.3. The van der Waals surface area contributed by atoms with Crippen LogP contribution in [0.25, 0.3) is 0 Å². The largest absolute Gasteiger partial charge is 0.0816 e. The van der Waals surface area contributed by atoms with Crippen LogP contribution in [-0.2, 0) is 0 Å². The molecule has 1 atom stereocenters. The quantitative estimate of drug-likeness (QED) is 0.160. The van der Waals surface area contributed by atoms with Crippen molar-refractivity contribution in [1.29, 1.82) is 0 Å². The highest BCUT2D eigenvalue weighted by Crippen LogP contribution is 2.41. The van der Waals surface area contributed by atoms with E-state index in [9.17, 15) is 0 Å². The van der Waals surface area contributed by atoms with Gasteiger partial charge < -0.3 is 0 Å². The molecule has 222 valence electrons. The lowest BCUT2D eigenvalue weighted by Gasteiger charge is -2.33. The second-order valence-corrected chi connectivity index (χ2v) is 14.3. The summed E-state index contributed by atoms with van der Waals surface area (Å²) < 4.78 is 0. The van der Waals surface area contributed by atoms with Gasteiger partial charge in [-0.2, -0.15) is 0 Å². The molecule has 0 heteroatoms. The fourth-order valence-corrected chi connectivity index (χ4v) is 6.53. The van der Waals surface area contributed by atoms with Gasteiger partial charge in [0.1, 0.15) is 0 Å². The predicted molar refractivity (Wildman–Crippen MR) is 182 cm³/mol. The smallest absolute Gasteiger partial charge is 0.0104 e. The van der Waals surface area contributed by atoms with Crippen molar-refractivity contribution in [3.8, 4) is 0 Å². The normalized spacial score (nSPS) is 21.9. The van der Waals surface area contributed by atoms with Gasteiger partial charge in [0, 0.05) is 0 Å². The molecule has 2 aliphatic carbocycles. The Morgan fingerprint density at radius 2 is 1.20 bits per heavy atom. The molecule has 0 spiro atoms. The van der Waals surface area contributed by atoms with E-state index in [1.807, 2.05) is 0 Å². The Balaban J connectivity index is 1.71. The van der Waals surface area contributed by atoms with Gasteiger partial charge in [-0.15, -0.1) is 0 Å². The number of hydrogen-bond acceptors (Lipinski definition) is 0. The highest BCUT2D eigenvalue weighted by atomic mass is 14.3. The summed E-state index contributed by atoms with van der Waals surface area (Å²) in [5.74, 6) is 0.782. The summed E-state index contributed by atoms with van der Waals surface area (Å²) >= 11 is 0. The van der Waals surface area contributed by atoms with E-state index in [2.05, 4.69) is 124 Å². The van der Waals surface area contributed by atoms with Crippen LogP contribution in [-0.4, -0.2) is 0 Å². The number of hydrogen-bond donors (Lipinski definition) is 0. The van der Waals surface area contributed by atoms with Crippen molar-refractivity contribution in [1.82, 2.24) is 0 Å². The molecule has 0 radical (unpaired) electrons. The third kappa shape index (κ3) is 11.8. The maximum atomic E-state index is 2.44. The number of unbranched alkanes of at least 4 members (excludes halogenated alkanes) is 1. The van der Waals surface area contributed by atoms with Crippen molar-refractivity contribution in [2.24, 2.45) is 16.7 Å². The Morgan fingerprint density at radius 3 is 1.75 bits per heavy atom. The monoisotopic (exact) mass is 542 g/mol. The Hall–Kier alpha value is -2.08. The van der Waals surface area contributed by atoms with Crippen LogP contribution in [0.15, 0.2) is 93.7 Å². The van der Waals surface area contributed by atoms with E-state index in [0.29, 0.717) is 10.8 Å². The van der Waals surface area contributed by atoms with Gasteiger partial charge in [-0.3, -0.25) is 0 Å². The summed E-state index contributed by atoms with van der Waals surface area (Å²) in [5, 5.41) is 0. The molecule has 0 N–H and O–H groups in total. The molecule has 2 rings (SSSR count). The molecule has 0 aromatic carbocycles. The van der Waals surface area contributed by atoms with Gasteiger partial charge in [0.2, 0.25) is 0 Å². The minimum Gasteiger partial charge on any atom is -0.0816 e. The molecule has 0 fully saturated rings. The first kappa shape index (κ1) is 34.1. The molecule has 0 heterocycles. The maximum Gasteiger partial charge on any atom is -0.0104 e. The molecule has 0 amide bonds. The van der Waals surface area contributed by atoms with E-state index < -0.39 is 0 Å². The molecule has 0 saturated carbocycles. The van der Waals surface area contributed by atoms with Gasteiger partial charge in [0.05, 0.1) is 0 Å². The molecule has 0 aliphatic heterocycles. The van der Waals surface area contributed by atoms with Crippen LogP contribution in [0.1, 0.15) is 140 Å².